The Hall–Kier alpha value is -0.450. The van der Waals surface area contributed by atoms with E-state index in [0.717, 1.165) is 38.0 Å². The van der Waals surface area contributed by atoms with Crippen molar-refractivity contribution in [3.63, 3.8) is 0 Å². The van der Waals surface area contributed by atoms with Gasteiger partial charge in [-0.2, -0.15) is 0 Å². The lowest BCUT2D eigenvalue weighted by Gasteiger charge is -2.38. The van der Waals surface area contributed by atoms with Gasteiger partial charge in [0.25, 0.3) is 0 Å². The second kappa shape index (κ2) is 6.13. The smallest absolute Gasteiger partial charge is 0.0926 e. The van der Waals surface area contributed by atoms with Crippen molar-refractivity contribution in [2.24, 2.45) is 5.41 Å². The maximum Gasteiger partial charge on any atom is 0.0926 e. The molecule has 2 rings (SSSR count). The average Bonchev–Trinajstić information content (AvgIpc) is 2.81. The lowest BCUT2D eigenvalue weighted by Crippen LogP contribution is -2.43. The first-order chi connectivity index (χ1) is 8.64. The van der Waals surface area contributed by atoms with Gasteiger partial charge in [-0.15, -0.1) is 11.3 Å². The summed E-state index contributed by atoms with van der Waals surface area (Å²) in [5.41, 5.74) is 1.17. The molecular weight excluding hydrogens is 244 g/mol. The van der Waals surface area contributed by atoms with E-state index in [1.807, 2.05) is 0 Å². The van der Waals surface area contributed by atoms with Crippen LogP contribution in [0.5, 0.6) is 0 Å². The van der Waals surface area contributed by atoms with Crippen LogP contribution >= 0.6 is 11.3 Å². The molecule has 2 atom stereocenters. The summed E-state index contributed by atoms with van der Waals surface area (Å²) in [5.74, 6) is 0. The number of hydrogen-bond donors (Lipinski definition) is 2. The van der Waals surface area contributed by atoms with Crippen LogP contribution in [0.3, 0.4) is 0 Å². The van der Waals surface area contributed by atoms with Gasteiger partial charge in [0.1, 0.15) is 0 Å². The Balaban J connectivity index is 1.80. The van der Waals surface area contributed by atoms with Crippen LogP contribution in [0.2, 0.25) is 0 Å². The molecule has 1 aromatic heterocycles. The normalized spacial score (nSPS) is 28.5. The van der Waals surface area contributed by atoms with E-state index in [1.54, 1.807) is 11.3 Å². The van der Waals surface area contributed by atoms with Gasteiger partial charge in [0.05, 0.1) is 16.8 Å². The van der Waals surface area contributed by atoms with Crippen molar-refractivity contribution < 1.29 is 5.11 Å². The average molecular weight is 268 g/mol. The van der Waals surface area contributed by atoms with Gasteiger partial charge in [0.15, 0.2) is 0 Å². The fraction of sp³-hybridized carbons (Fsp3) is 0.786. The largest absolute Gasteiger partial charge is 0.393 e. The topological polar surface area (TPSA) is 45.2 Å². The van der Waals surface area contributed by atoms with Crippen molar-refractivity contribution in [3.05, 3.63) is 16.1 Å². The number of rotatable bonds is 5. The molecular formula is C14H24N2OS. The van der Waals surface area contributed by atoms with Gasteiger partial charge >= 0.3 is 0 Å². The fourth-order valence-corrected chi connectivity index (χ4v) is 3.40. The molecule has 2 unspecified atom stereocenters. The quantitative estimate of drug-likeness (QED) is 0.863. The predicted octanol–water partition coefficient (Wildman–Crippen LogP) is 2.74. The minimum absolute atomic E-state index is 0.0435. The van der Waals surface area contributed by atoms with Crippen LogP contribution in [-0.4, -0.2) is 22.7 Å². The summed E-state index contributed by atoms with van der Waals surface area (Å²) in [6.45, 7) is 6.03. The molecule has 102 valence electrons. The van der Waals surface area contributed by atoms with Crippen molar-refractivity contribution in [1.29, 1.82) is 0 Å². The highest BCUT2D eigenvalue weighted by atomic mass is 32.1. The van der Waals surface area contributed by atoms with Gasteiger partial charge in [-0.25, -0.2) is 4.98 Å². The molecule has 1 aliphatic carbocycles. The highest BCUT2D eigenvalue weighted by molar-refractivity contribution is 7.09. The number of aliphatic hydroxyl groups is 1. The third-order valence-electron chi connectivity index (χ3n) is 4.02. The highest BCUT2D eigenvalue weighted by Crippen LogP contribution is 2.35. The Morgan fingerprint density at radius 3 is 3.06 bits per heavy atom. The Morgan fingerprint density at radius 2 is 2.39 bits per heavy atom. The van der Waals surface area contributed by atoms with Gasteiger partial charge in [0.2, 0.25) is 0 Å². The summed E-state index contributed by atoms with van der Waals surface area (Å²) in [6, 6.07) is 0. The molecule has 2 N–H and O–H groups in total. The Morgan fingerprint density at radius 1 is 1.56 bits per heavy atom. The molecule has 0 saturated heterocycles. The summed E-state index contributed by atoms with van der Waals surface area (Å²) < 4.78 is 0. The molecule has 1 aromatic rings. The molecule has 3 nitrogen and oxygen atoms in total. The molecule has 1 aliphatic rings. The molecule has 0 spiro atoms. The molecule has 0 radical (unpaired) electrons. The van der Waals surface area contributed by atoms with Crippen LogP contribution in [0.25, 0.3) is 0 Å². The first-order valence-corrected chi connectivity index (χ1v) is 7.84. The Bertz CT molecular complexity index is 380. The highest BCUT2D eigenvalue weighted by Gasteiger charge is 2.34. The molecule has 18 heavy (non-hydrogen) atoms. The number of aliphatic hydroxyl groups excluding tert-OH is 1. The number of nitrogens with one attached hydrogen (secondary N) is 1. The summed E-state index contributed by atoms with van der Waals surface area (Å²) in [4.78, 5) is 4.55. The number of hydrogen-bond acceptors (Lipinski definition) is 4. The van der Waals surface area contributed by atoms with Crippen molar-refractivity contribution in [2.45, 2.75) is 58.6 Å². The van der Waals surface area contributed by atoms with Crippen molar-refractivity contribution >= 4 is 11.3 Å². The second-order valence-electron chi connectivity index (χ2n) is 5.61. The number of nitrogens with zero attached hydrogens (tertiary/aromatic N) is 1. The molecule has 1 fully saturated rings. The van der Waals surface area contributed by atoms with Crippen molar-refractivity contribution in [3.8, 4) is 0 Å². The zero-order valence-corrected chi connectivity index (χ0v) is 12.2. The third kappa shape index (κ3) is 3.31. The third-order valence-corrected chi connectivity index (χ3v) is 5.06. The van der Waals surface area contributed by atoms with E-state index in [1.165, 1.54) is 17.8 Å². The van der Waals surface area contributed by atoms with Crippen LogP contribution in [0, 0.1) is 5.41 Å². The van der Waals surface area contributed by atoms with E-state index in [0.29, 0.717) is 0 Å². The number of aromatic nitrogens is 1. The van der Waals surface area contributed by atoms with Gasteiger partial charge in [-0.05, 0) is 19.3 Å². The minimum atomic E-state index is -0.152. The lowest BCUT2D eigenvalue weighted by molar-refractivity contribution is 0.00111. The predicted molar refractivity (Wildman–Crippen MR) is 75.8 cm³/mol. The molecule has 0 amide bonds. The van der Waals surface area contributed by atoms with Crippen LogP contribution in [0.4, 0.5) is 0 Å². The number of thiazole rings is 1. The molecule has 0 aliphatic heterocycles. The lowest BCUT2D eigenvalue weighted by atomic mass is 9.73. The monoisotopic (exact) mass is 268 g/mol. The maximum atomic E-state index is 10.1. The van der Waals surface area contributed by atoms with E-state index in [-0.39, 0.29) is 11.5 Å². The van der Waals surface area contributed by atoms with Crippen LogP contribution < -0.4 is 5.32 Å². The van der Waals surface area contributed by atoms with Gasteiger partial charge in [0, 0.05) is 23.9 Å². The second-order valence-corrected chi connectivity index (χ2v) is 6.55. The van der Waals surface area contributed by atoms with Gasteiger partial charge in [-0.3, -0.25) is 0 Å². The van der Waals surface area contributed by atoms with Crippen LogP contribution in [0.15, 0.2) is 5.38 Å². The summed E-state index contributed by atoms with van der Waals surface area (Å²) in [6.07, 6.45) is 5.35. The van der Waals surface area contributed by atoms with E-state index in [9.17, 15) is 5.11 Å². The first kappa shape index (κ1) is 14.0. The molecule has 0 aromatic carbocycles. The Labute approximate surface area is 114 Å². The van der Waals surface area contributed by atoms with Crippen molar-refractivity contribution in [2.75, 3.05) is 6.54 Å². The summed E-state index contributed by atoms with van der Waals surface area (Å²) in [5, 5.41) is 16.9. The van der Waals surface area contributed by atoms with Gasteiger partial charge < -0.3 is 10.4 Å². The van der Waals surface area contributed by atoms with E-state index in [2.05, 4.69) is 29.5 Å². The number of aryl methyl sites for hydroxylation is 1. The van der Waals surface area contributed by atoms with E-state index in [4.69, 9.17) is 0 Å². The summed E-state index contributed by atoms with van der Waals surface area (Å²) >= 11 is 1.73. The van der Waals surface area contributed by atoms with E-state index < -0.39 is 0 Å². The zero-order chi connectivity index (χ0) is 13.0. The van der Waals surface area contributed by atoms with Gasteiger partial charge in [-0.1, -0.05) is 26.7 Å². The SMILES string of the molecule is CCc1nc(CNCC2(C)CCCCC2O)cs1. The maximum absolute atomic E-state index is 10.1. The van der Waals surface area contributed by atoms with Crippen LogP contribution in [0.1, 0.15) is 50.2 Å². The van der Waals surface area contributed by atoms with E-state index >= 15 is 0 Å². The zero-order valence-electron chi connectivity index (χ0n) is 11.4. The fourth-order valence-electron chi connectivity index (χ4n) is 2.66. The Kier molecular flexibility index (Phi) is 4.76. The van der Waals surface area contributed by atoms with Crippen LogP contribution in [-0.2, 0) is 13.0 Å². The molecule has 1 saturated carbocycles. The first-order valence-electron chi connectivity index (χ1n) is 6.96. The molecule has 0 bridgehead atoms. The minimum Gasteiger partial charge on any atom is -0.393 e. The summed E-state index contributed by atoms with van der Waals surface area (Å²) in [7, 11) is 0. The molecule has 4 heteroatoms. The van der Waals surface area contributed by atoms with Crippen molar-refractivity contribution in [1.82, 2.24) is 10.3 Å². The standard InChI is InChI=1S/C14H24N2OS/c1-3-13-16-11(9-18-13)8-15-10-14(2)7-5-4-6-12(14)17/h9,12,15,17H,3-8,10H2,1-2H3. The molecule has 1 heterocycles.